The summed E-state index contributed by atoms with van der Waals surface area (Å²) in [7, 11) is 0. The van der Waals surface area contributed by atoms with E-state index in [4.69, 9.17) is 74.5 Å². The molecule has 242 valence electrons. The molecule has 0 atom stereocenters. The quantitative estimate of drug-likeness (QED) is 0.0913. The van der Waals surface area contributed by atoms with Crippen LogP contribution in [0.2, 0.25) is 0 Å². The normalized spacial score (nSPS) is 9.55. The van der Waals surface area contributed by atoms with Crippen LogP contribution in [0.1, 0.15) is 0 Å². The minimum Gasteiger partial charge on any atom is -0.411 e. The second-order valence-corrected chi connectivity index (χ2v) is 12.9. The Balaban J connectivity index is 0.000000197. The van der Waals surface area contributed by atoms with Crippen LogP contribution in [-0.2, 0) is 37.9 Å². The second-order valence-electron chi connectivity index (χ2n) is 9.82. The summed E-state index contributed by atoms with van der Waals surface area (Å²) >= 11 is 30.7. The molecular weight excluding hydrogens is 825 g/mol. The zero-order valence-electron chi connectivity index (χ0n) is 26.1. The Hall–Kier alpha value is -3.53. The zero-order chi connectivity index (χ0) is 34.1. The first kappa shape index (κ1) is 39.9. The second kappa shape index (κ2) is 21.5. The maximum atomic E-state index is 5.12. The van der Waals surface area contributed by atoms with Gasteiger partial charge in [-0.05, 0) is 72.8 Å². The van der Waals surface area contributed by atoms with Crippen molar-refractivity contribution in [2.45, 2.75) is 0 Å². The van der Waals surface area contributed by atoms with E-state index in [0.29, 0.717) is 13.0 Å². The summed E-state index contributed by atoms with van der Waals surface area (Å²) in [5.74, 6) is 0. The number of para-hydroxylation sites is 6. The number of nitrogens with zero attached hydrogens (tertiary/aromatic N) is 3. The van der Waals surface area contributed by atoms with E-state index in [9.17, 15) is 0 Å². The van der Waals surface area contributed by atoms with Crippen molar-refractivity contribution in [3.05, 3.63) is 182 Å². The molecule has 6 rings (SSSR count). The molecule has 0 amide bonds. The molecule has 0 spiro atoms. The predicted molar refractivity (Wildman–Crippen MR) is 231 cm³/mol. The number of hydrogen-bond donors (Lipinski definition) is 0. The first-order valence-corrected chi connectivity index (χ1v) is 17.2. The molecule has 6 aromatic carbocycles. The van der Waals surface area contributed by atoms with Gasteiger partial charge in [-0.3, -0.25) is 0 Å². The van der Waals surface area contributed by atoms with Crippen LogP contribution in [0, 0.1) is 0 Å². The Morgan fingerprint density at radius 2 is 0.408 bits per heavy atom. The van der Waals surface area contributed by atoms with Crippen molar-refractivity contribution < 1.29 is 0 Å². The number of anilines is 6. The standard InChI is InChI=1S/3C13H11NS2.Sb/c3*15-13(16)14(11-7-3-1-4-8-11)12-9-5-2-6-10-12;/h3*1-10H,(H,15,16);/q;;;+3/p-3. The fourth-order valence-corrected chi connectivity index (χ4v) is 5.81. The van der Waals surface area contributed by atoms with Crippen molar-refractivity contribution in [3.63, 3.8) is 0 Å². The smallest absolute Gasteiger partial charge is 0.411 e. The van der Waals surface area contributed by atoms with Gasteiger partial charge < -0.3 is 89.2 Å². The molecule has 0 fully saturated rings. The van der Waals surface area contributed by atoms with Gasteiger partial charge in [-0.25, -0.2) is 0 Å². The average Bonchev–Trinajstić information content (AvgIpc) is 3.12. The van der Waals surface area contributed by atoms with E-state index in [2.05, 4.69) is 0 Å². The summed E-state index contributed by atoms with van der Waals surface area (Å²) < 4.78 is 1.28. The molecule has 0 unspecified atom stereocenters. The van der Waals surface area contributed by atoms with Gasteiger partial charge in [-0.1, -0.05) is 122 Å². The molecule has 0 N–H and O–H groups in total. The van der Waals surface area contributed by atoms with Crippen molar-refractivity contribution >= 4 is 146 Å². The van der Waals surface area contributed by atoms with Gasteiger partial charge in [0.1, 0.15) is 0 Å². The molecule has 0 aliphatic rings. The van der Waals surface area contributed by atoms with Gasteiger partial charge in [0, 0.05) is 34.1 Å². The average molecular weight is 855 g/mol. The molecule has 0 saturated carbocycles. The molecule has 2 radical (unpaired) electrons. The molecule has 0 heterocycles. The van der Waals surface area contributed by atoms with E-state index in [-0.39, 0.29) is 24.4 Å². The van der Waals surface area contributed by atoms with Crippen molar-refractivity contribution in [1.29, 1.82) is 0 Å². The van der Waals surface area contributed by atoms with Crippen LogP contribution in [-0.4, -0.2) is 37.4 Å². The fourth-order valence-electron chi connectivity index (χ4n) is 4.54. The molecule has 0 aromatic heterocycles. The summed E-state index contributed by atoms with van der Waals surface area (Å²) in [5, 5.41) is 0. The maximum Gasteiger partial charge on any atom is 3.00 e. The summed E-state index contributed by atoms with van der Waals surface area (Å²) in [5.41, 5.74) is 5.97. The van der Waals surface area contributed by atoms with Crippen LogP contribution in [0.5, 0.6) is 0 Å². The summed E-state index contributed by atoms with van der Waals surface area (Å²) in [6.45, 7) is 0. The van der Waals surface area contributed by atoms with Gasteiger partial charge in [-0.2, -0.15) is 0 Å². The summed E-state index contributed by atoms with van der Waals surface area (Å²) in [4.78, 5) is 5.64. The van der Waals surface area contributed by atoms with Crippen LogP contribution in [0.25, 0.3) is 0 Å². The van der Waals surface area contributed by atoms with E-state index >= 15 is 0 Å². The Morgan fingerprint density at radius 3 is 0.510 bits per heavy atom. The van der Waals surface area contributed by atoms with Crippen molar-refractivity contribution in [1.82, 2.24) is 0 Å². The monoisotopic (exact) mass is 853 g/mol. The zero-order valence-corrected chi connectivity index (χ0v) is 33.5. The van der Waals surface area contributed by atoms with E-state index in [1.54, 1.807) is 0 Å². The van der Waals surface area contributed by atoms with Crippen LogP contribution in [0.15, 0.2) is 182 Å². The van der Waals surface area contributed by atoms with Gasteiger partial charge in [0.15, 0.2) is 0 Å². The Labute approximate surface area is 339 Å². The molecule has 0 aliphatic carbocycles. The van der Waals surface area contributed by atoms with Crippen LogP contribution in [0.3, 0.4) is 0 Å². The van der Waals surface area contributed by atoms with E-state index in [1.807, 2.05) is 197 Å². The first-order chi connectivity index (χ1) is 23.4. The van der Waals surface area contributed by atoms with Crippen LogP contribution >= 0.6 is 36.7 Å². The Morgan fingerprint density at radius 1 is 0.286 bits per heavy atom. The molecule has 49 heavy (non-hydrogen) atoms. The van der Waals surface area contributed by atoms with Crippen molar-refractivity contribution in [2.75, 3.05) is 14.7 Å². The number of thiocarbonyl (C=S) groups is 3. The molecule has 0 saturated heterocycles. The van der Waals surface area contributed by atoms with Gasteiger partial charge in [0.25, 0.3) is 0 Å². The summed E-state index contributed by atoms with van der Waals surface area (Å²) in [6.07, 6.45) is 0. The molecule has 0 bridgehead atoms. The summed E-state index contributed by atoms with van der Waals surface area (Å²) in [6, 6.07) is 59.4. The fraction of sp³-hybridized carbons (Fsp3) is 0. The molecule has 0 aliphatic heterocycles. The largest absolute Gasteiger partial charge is 3.00 e. The number of hydrogen-bond acceptors (Lipinski definition) is 6. The third kappa shape index (κ3) is 12.4. The van der Waals surface area contributed by atoms with Crippen LogP contribution in [0.4, 0.5) is 34.1 Å². The van der Waals surface area contributed by atoms with Crippen LogP contribution < -0.4 is 14.7 Å². The van der Waals surface area contributed by atoms with Gasteiger partial charge in [0.05, 0.1) is 0 Å². The van der Waals surface area contributed by atoms with Gasteiger partial charge >= 0.3 is 24.4 Å². The third-order valence-electron chi connectivity index (χ3n) is 6.63. The number of benzene rings is 6. The SMILES string of the molecule is S=C([S-])N(c1ccccc1)c1ccccc1.S=C([S-])N(c1ccccc1)c1ccccc1.S=C([S-])N(c1ccccc1)c1ccccc1.[Sb+3]. The van der Waals surface area contributed by atoms with E-state index in [0.717, 1.165) is 34.1 Å². The third-order valence-corrected chi connectivity index (χ3v) is 7.73. The number of rotatable bonds is 6. The minimum atomic E-state index is 0. The Bertz CT molecular complexity index is 1510. The molecular formula is C39H30N3S6Sb. The van der Waals surface area contributed by atoms with E-state index < -0.39 is 0 Å². The van der Waals surface area contributed by atoms with Gasteiger partial charge in [0.2, 0.25) is 0 Å². The topological polar surface area (TPSA) is 9.72 Å². The molecule has 3 nitrogen and oxygen atoms in total. The minimum absolute atomic E-state index is 0. The predicted octanol–water partition coefficient (Wildman–Crippen LogP) is 10.6. The van der Waals surface area contributed by atoms with E-state index in [1.165, 1.54) is 0 Å². The first-order valence-electron chi connectivity index (χ1n) is 14.7. The van der Waals surface area contributed by atoms with Crippen molar-refractivity contribution in [3.8, 4) is 0 Å². The molecule has 6 aromatic rings. The molecule has 10 heteroatoms. The van der Waals surface area contributed by atoms with Gasteiger partial charge in [-0.15, -0.1) is 0 Å². The Kier molecular flexibility index (Phi) is 17.5. The van der Waals surface area contributed by atoms with Crippen molar-refractivity contribution in [2.24, 2.45) is 0 Å². The maximum absolute atomic E-state index is 5.12.